The molecule has 1 rings (SSSR count). The average Bonchev–Trinajstić information content (AvgIpc) is 2.59. The maximum absolute atomic E-state index is 10.8. The Morgan fingerprint density at radius 2 is 2.30 bits per heavy atom. The largest absolute Gasteiger partial charge is 0.339 e. The molecule has 3 heteroatoms. The van der Waals surface area contributed by atoms with E-state index in [0.29, 0.717) is 6.54 Å². The summed E-state index contributed by atoms with van der Waals surface area (Å²) in [4.78, 5) is 10.8. The molecule has 1 unspecified atom stereocenters. The van der Waals surface area contributed by atoms with Crippen LogP contribution in [0.1, 0.15) is 26.2 Å². The molecule has 0 saturated carbocycles. The van der Waals surface area contributed by atoms with Crippen molar-refractivity contribution in [2.45, 2.75) is 31.7 Å². The summed E-state index contributed by atoms with van der Waals surface area (Å²) in [5, 5.41) is 2.77. The smallest absolute Gasteiger partial charge is 0.247 e. The molecule has 0 aliphatic carbocycles. The normalized spacial score (nSPS) is 30.0. The number of rotatable bonds is 4. The molecule has 10 heavy (non-hydrogen) atoms. The Hall–Kier alpha value is -0.570. The van der Waals surface area contributed by atoms with E-state index in [-0.39, 0.29) is 11.4 Å². The molecule has 1 heterocycles. The quantitative estimate of drug-likeness (QED) is 0.543. The summed E-state index contributed by atoms with van der Waals surface area (Å²) >= 11 is 0. The van der Waals surface area contributed by atoms with Gasteiger partial charge in [0, 0.05) is 6.54 Å². The van der Waals surface area contributed by atoms with Gasteiger partial charge in [-0.3, -0.25) is 4.79 Å². The molecule has 3 N–H and O–H groups in total. The second-order valence-corrected chi connectivity index (χ2v) is 2.84. The highest BCUT2D eigenvalue weighted by molar-refractivity contribution is 6.02. The van der Waals surface area contributed by atoms with Crippen molar-refractivity contribution in [1.82, 2.24) is 5.32 Å². The zero-order valence-electron chi connectivity index (χ0n) is 6.31. The van der Waals surface area contributed by atoms with E-state index in [4.69, 9.17) is 5.73 Å². The van der Waals surface area contributed by atoms with Gasteiger partial charge in [-0.25, -0.2) is 0 Å². The van der Waals surface area contributed by atoms with Gasteiger partial charge in [0.05, 0.1) is 0 Å². The number of carbonyl (C=O) groups excluding carboxylic acids is 1. The van der Waals surface area contributed by atoms with Crippen molar-refractivity contribution in [3.63, 3.8) is 0 Å². The third-order valence-corrected chi connectivity index (χ3v) is 2.03. The van der Waals surface area contributed by atoms with E-state index in [0.717, 1.165) is 19.3 Å². The second kappa shape index (κ2) is 2.58. The van der Waals surface area contributed by atoms with Crippen LogP contribution in [0.25, 0.3) is 0 Å². The zero-order chi connectivity index (χ0) is 7.61. The third-order valence-electron chi connectivity index (χ3n) is 2.03. The molecule has 1 aliphatic heterocycles. The van der Waals surface area contributed by atoms with Crippen molar-refractivity contribution < 1.29 is 4.79 Å². The predicted octanol–water partition coefficient (Wildman–Crippen LogP) is 0.00390. The van der Waals surface area contributed by atoms with Crippen molar-refractivity contribution in [3.05, 3.63) is 0 Å². The standard InChI is InChI=1S/C7H14N2O/c1-2-3-4-7(5-8)6(10)9-7/h2-5,8H2,1H3,(H,9,10). The minimum Gasteiger partial charge on any atom is -0.339 e. The van der Waals surface area contributed by atoms with Gasteiger partial charge in [0.15, 0.2) is 0 Å². The first-order valence-corrected chi connectivity index (χ1v) is 3.78. The van der Waals surface area contributed by atoms with Gasteiger partial charge in [-0.1, -0.05) is 19.8 Å². The van der Waals surface area contributed by atoms with E-state index in [2.05, 4.69) is 12.2 Å². The van der Waals surface area contributed by atoms with Crippen LogP contribution < -0.4 is 11.1 Å². The molecular weight excluding hydrogens is 128 g/mol. The second-order valence-electron chi connectivity index (χ2n) is 2.84. The lowest BCUT2D eigenvalue weighted by Gasteiger charge is -2.04. The molecule has 1 fully saturated rings. The van der Waals surface area contributed by atoms with Crippen molar-refractivity contribution in [1.29, 1.82) is 0 Å². The predicted molar refractivity (Wildman–Crippen MR) is 39.5 cm³/mol. The van der Waals surface area contributed by atoms with Crippen LogP contribution in [0.15, 0.2) is 0 Å². The SMILES string of the molecule is CCCCC1(CN)NC1=O. The van der Waals surface area contributed by atoms with Gasteiger partial charge in [-0.15, -0.1) is 0 Å². The fourth-order valence-corrected chi connectivity index (χ4v) is 1.09. The first-order valence-electron chi connectivity index (χ1n) is 3.78. The summed E-state index contributed by atoms with van der Waals surface area (Å²) in [6, 6.07) is 0. The molecule has 0 spiro atoms. The lowest BCUT2D eigenvalue weighted by atomic mass is 10.0. The van der Waals surface area contributed by atoms with Gasteiger partial charge in [0.1, 0.15) is 5.54 Å². The Kier molecular flexibility index (Phi) is 1.94. The van der Waals surface area contributed by atoms with Crippen LogP contribution in [0.2, 0.25) is 0 Å². The maximum atomic E-state index is 10.8. The van der Waals surface area contributed by atoms with Gasteiger partial charge in [-0.2, -0.15) is 0 Å². The lowest BCUT2D eigenvalue weighted by molar-refractivity contribution is -0.112. The van der Waals surface area contributed by atoms with Crippen LogP contribution >= 0.6 is 0 Å². The highest BCUT2D eigenvalue weighted by atomic mass is 16.2. The Balaban J connectivity index is 2.30. The van der Waals surface area contributed by atoms with Crippen LogP contribution in [0.5, 0.6) is 0 Å². The van der Waals surface area contributed by atoms with Gasteiger partial charge >= 0.3 is 0 Å². The molecule has 58 valence electrons. The number of hydrogen-bond acceptors (Lipinski definition) is 2. The molecule has 1 saturated heterocycles. The van der Waals surface area contributed by atoms with E-state index in [1.807, 2.05) is 0 Å². The molecule has 0 bridgehead atoms. The Morgan fingerprint density at radius 1 is 1.70 bits per heavy atom. The molecule has 3 nitrogen and oxygen atoms in total. The molecule has 1 amide bonds. The fraction of sp³-hybridized carbons (Fsp3) is 0.857. The van der Waals surface area contributed by atoms with E-state index in [9.17, 15) is 4.79 Å². The summed E-state index contributed by atoms with van der Waals surface area (Å²) in [5.41, 5.74) is 5.11. The first-order chi connectivity index (χ1) is 4.75. The number of amides is 1. The van der Waals surface area contributed by atoms with Crippen molar-refractivity contribution in [3.8, 4) is 0 Å². The summed E-state index contributed by atoms with van der Waals surface area (Å²) in [7, 11) is 0. The van der Waals surface area contributed by atoms with Crippen molar-refractivity contribution in [2.75, 3.05) is 6.54 Å². The molecule has 0 aromatic rings. The summed E-state index contributed by atoms with van der Waals surface area (Å²) in [5.74, 6) is 0.128. The summed E-state index contributed by atoms with van der Waals surface area (Å²) in [6.45, 7) is 2.56. The number of nitrogens with two attached hydrogens (primary N) is 1. The number of unbranched alkanes of at least 4 members (excludes halogenated alkanes) is 1. The van der Waals surface area contributed by atoms with E-state index in [1.54, 1.807) is 0 Å². The van der Waals surface area contributed by atoms with Crippen LogP contribution in [-0.2, 0) is 4.79 Å². The molecule has 1 atom stereocenters. The topological polar surface area (TPSA) is 65.0 Å². The monoisotopic (exact) mass is 142 g/mol. The lowest BCUT2D eigenvalue weighted by Crippen LogP contribution is -2.27. The van der Waals surface area contributed by atoms with E-state index < -0.39 is 0 Å². The van der Waals surface area contributed by atoms with Crippen LogP contribution in [0.3, 0.4) is 0 Å². The number of hydrogen-bond donors (Lipinski definition) is 2. The highest BCUT2D eigenvalue weighted by Gasteiger charge is 2.51. The van der Waals surface area contributed by atoms with E-state index in [1.165, 1.54) is 0 Å². The number of carbonyl (C=O) groups is 1. The molecular formula is C7H14N2O. The van der Waals surface area contributed by atoms with Crippen molar-refractivity contribution >= 4 is 5.91 Å². The number of nitrogens with one attached hydrogen (secondary N) is 1. The van der Waals surface area contributed by atoms with Crippen LogP contribution in [0, 0.1) is 0 Å². The Morgan fingerprint density at radius 3 is 2.60 bits per heavy atom. The van der Waals surface area contributed by atoms with Gasteiger partial charge in [0.25, 0.3) is 0 Å². The molecule has 0 aromatic carbocycles. The summed E-state index contributed by atoms with van der Waals surface area (Å²) < 4.78 is 0. The van der Waals surface area contributed by atoms with Crippen LogP contribution in [-0.4, -0.2) is 18.0 Å². The maximum Gasteiger partial charge on any atom is 0.247 e. The van der Waals surface area contributed by atoms with Crippen molar-refractivity contribution in [2.24, 2.45) is 5.73 Å². The fourth-order valence-electron chi connectivity index (χ4n) is 1.09. The Labute approximate surface area is 61.0 Å². The van der Waals surface area contributed by atoms with Crippen LogP contribution in [0.4, 0.5) is 0 Å². The van der Waals surface area contributed by atoms with Gasteiger partial charge < -0.3 is 11.1 Å². The Bertz CT molecular complexity index is 147. The highest BCUT2D eigenvalue weighted by Crippen LogP contribution is 2.24. The zero-order valence-corrected chi connectivity index (χ0v) is 6.31. The first kappa shape index (κ1) is 7.54. The minimum atomic E-state index is -0.310. The average molecular weight is 142 g/mol. The van der Waals surface area contributed by atoms with Gasteiger partial charge in [-0.05, 0) is 6.42 Å². The molecule has 0 radical (unpaired) electrons. The minimum absolute atomic E-state index is 0.128. The molecule has 0 aromatic heterocycles. The third kappa shape index (κ3) is 1.14. The summed E-state index contributed by atoms with van der Waals surface area (Å²) in [6.07, 6.45) is 3.10. The van der Waals surface area contributed by atoms with Gasteiger partial charge in [0.2, 0.25) is 5.91 Å². The molecule has 1 aliphatic rings. The van der Waals surface area contributed by atoms with E-state index >= 15 is 0 Å².